The minimum absolute atomic E-state index is 0.0249. The lowest BCUT2D eigenvalue weighted by Gasteiger charge is -2.17. The van der Waals surface area contributed by atoms with E-state index < -0.39 is 0 Å². The molecule has 0 radical (unpaired) electrons. The molecule has 0 atom stereocenters. The van der Waals surface area contributed by atoms with Crippen LogP contribution in [0.3, 0.4) is 0 Å². The zero-order chi connectivity index (χ0) is 10.1. The van der Waals surface area contributed by atoms with Crippen molar-refractivity contribution in [3.8, 4) is 0 Å². The average Bonchev–Trinajstić information content (AvgIpc) is 2.01. The molecule has 0 saturated carbocycles. The van der Waals surface area contributed by atoms with Crippen LogP contribution in [0, 0.1) is 0 Å². The second-order valence-corrected chi connectivity index (χ2v) is 4.97. The lowest BCUT2D eigenvalue weighted by Crippen LogP contribution is -2.14. The number of halogens is 1. The first-order valence-electron chi connectivity index (χ1n) is 4.02. The predicted octanol–water partition coefficient (Wildman–Crippen LogP) is 3.15. The third-order valence-electron chi connectivity index (χ3n) is 1.63. The maximum Gasteiger partial charge on any atom is 0.188 e. The normalized spacial score (nSPS) is 11.8. The summed E-state index contributed by atoms with van der Waals surface area (Å²) in [7, 11) is 0. The van der Waals surface area contributed by atoms with Gasteiger partial charge in [-0.1, -0.05) is 44.1 Å². The van der Waals surface area contributed by atoms with Gasteiger partial charge in [-0.25, -0.2) is 9.97 Å². The summed E-state index contributed by atoms with van der Waals surface area (Å²) in [6.45, 7) is 6.32. The van der Waals surface area contributed by atoms with Gasteiger partial charge in [0.2, 0.25) is 0 Å². The highest BCUT2D eigenvalue weighted by atomic mass is 35.5. The Morgan fingerprint density at radius 3 is 2.38 bits per heavy atom. The summed E-state index contributed by atoms with van der Waals surface area (Å²) in [6, 6.07) is 1.82. The van der Waals surface area contributed by atoms with Crippen molar-refractivity contribution in [3.63, 3.8) is 0 Å². The van der Waals surface area contributed by atoms with Crippen LogP contribution in [0.2, 0.25) is 5.15 Å². The molecule has 0 amide bonds. The van der Waals surface area contributed by atoms with Gasteiger partial charge >= 0.3 is 0 Å². The molecule has 0 N–H and O–H groups in total. The quantitative estimate of drug-likeness (QED) is 0.410. The number of aromatic nitrogens is 2. The molecule has 0 unspecified atom stereocenters. The summed E-state index contributed by atoms with van der Waals surface area (Å²) in [4.78, 5) is 8.47. The van der Waals surface area contributed by atoms with E-state index in [1.165, 1.54) is 11.8 Å². The summed E-state index contributed by atoms with van der Waals surface area (Å²) in [6.07, 6.45) is 1.94. The second-order valence-electron chi connectivity index (χ2n) is 3.81. The molecule has 1 heterocycles. The maximum absolute atomic E-state index is 5.87. The molecule has 4 heteroatoms. The molecule has 1 aromatic rings. The molecule has 13 heavy (non-hydrogen) atoms. The van der Waals surface area contributed by atoms with Gasteiger partial charge in [-0.05, 0) is 12.3 Å². The van der Waals surface area contributed by atoms with Crippen molar-refractivity contribution < 1.29 is 0 Å². The van der Waals surface area contributed by atoms with Crippen molar-refractivity contribution in [1.29, 1.82) is 0 Å². The van der Waals surface area contributed by atoms with Crippen LogP contribution in [0.1, 0.15) is 26.5 Å². The van der Waals surface area contributed by atoms with E-state index in [-0.39, 0.29) is 5.41 Å². The molecule has 0 bridgehead atoms. The summed E-state index contributed by atoms with van der Waals surface area (Å²) < 4.78 is 0. The van der Waals surface area contributed by atoms with Crippen LogP contribution in [0.15, 0.2) is 11.2 Å². The number of hydrogen-bond acceptors (Lipinski definition) is 3. The molecule has 0 spiro atoms. The molecule has 72 valence electrons. The molecular formula is C9H13ClN2S. The van der Waals surface area contributed by atoms with Gasteiger partial charge in [0.1, 0.15) is 5.15 Å². The Morgan fingerprint density at radius 2 is 1.92 bits per heavy atom. The van der Waals surface area contributed by atoms with Gasteiger partial charge in [-0.2, -0.15) is 0 Å². The zero-order valence-corrected chi connectivity index (χ0v) is 9.83. The van der Waals surface area contributed by atoms with Crippen LogP contribution < -0.4 is 0 Å². The van der Waals surface area contributed by atoms with Crippen LogP contribution in [0.4, 0.5) is 0 Å². The van der Waals surface area contributed by atoms with Gasteiger partial charge < -0.3 is 0 Å². The minimum Gasteiger partial charge on any atom is -0.227 e. The third kappa shape index (κ3) is 2.85. The van der Waals surface area contributed by atoms with Gasteiger partial charge in [-0.15, -0.1) is 0 Å². The number of nitrogens with zero attached hydrogens (tertiary/aromatic N) is 2. The van der Waals surface area contributed by atoms with Crippen molar-refractivity contribution in [2.45, 2.75) is 31.3 Å². The fraction of sp³-hybridized carbons (Fsp3) is 0.556. The lowest BCUT2D eigenvalue weighted by atomic mass is 9.92. The first-order chi connectivity index (χ1) is 5.93. The molecule has 1 aromatic heterocycles. The summed E-state index contributed by atoms with van der Waals surface area (Å²) in [5.41, 5.74) is 1.01. The van der Waals surface area contributed by atoms with Gasteiger partial charge in [0.05, 0.1) is 5.69 Å². The predicted molar refractivity (Wildman–Crippen MR) is 57.5 cm³/mol. The van der Waals surface area contributed by atoms with E-state index in [1.807, 2.05) is 12.3 Å². The first-order valence-corrected chi connectivity index (χ1v) is 5.63. The van der Waals surface area contributed by atoms with Crippen molar-refractivity contribution in [1.82, 2.24) is 9.97 Å². The van der Waals surface area contributed by atoms with Crippen LogP contribution in [-0.2, 0) is 5.41 Å². The fourth-order valence-corrected chi connectivity index (χ4v) is 1.49. The highest BCUT2D eigenvalue weighted by Crippen LogP contribution is 2.24. The molecule has 1 rings (SSSR count). The smallest absolute Gasteiger partial charge is 0.188 e. The van der Waals surface area contributed by atoms with Crippen LogP contribution in [0.5, 0.6) is 0 Å². The highest BCUT2D eigenvalue weighted by Gasteiger charge is 2.17. The third-order valence-corrected chi connectivity index (χ3v) is 2.37. The number of rotatable bonds is 1. The monoisotopic (exact) mass is 216 g/mol. The van der Waals surface area contributed by atoms with E-state index in [1.54, 1.807) is 0 Å². The lowest BCUT2D eigenvalue weighted by molar-refractivity contribution is 0.558. The maximum atomic E-state index is 5.87. The largest absolute Gasteiger partial charge is 0.227 e. The summed E-state index contributed by atoms with van der Waals surface area (Å²) >= 11 is 7.38. The number of hydrogen-bond donors (Lipinski definition) is 0. The Hall–Kier alpha value is -0.280. The van der Waals surface area contributed by atoms with Gasteiger partial charge in [0, 0.05) is 5.41 Å². The Balaban J connectivity index is 3.16. The van der Waals surface area contributed by atoms with Crippen molar-refractivity contribution in [2.75, 3.05) is 6.26 Å². The zero-order valence-electron chi connectivity index (χ0n) is 8.26. The standard InChI is InChI=1S/C9H13ClN2S/c1-9(2,3)6-5-7(10)12-8(11-6)13-4/h5H,1-4H3. The van der Waals surface area contributed by atoms with Crippen molar-refractivity contribution >= 4 is 23.4 Å². The molecule has 0 aliphatic heterocycles. The Kier molecular flexibility index (Phi) is 3.19. The molecular weight excluding hydrogens is 204 g/mol. The Morgan fingerprint density at radius 1 is 1.31 bits per heavy atom. The number of thioether (sulfide) groups is 1. The van der Waals surface area contributed by atoms with Gasteiger partial charge in [-0.3, -0.25) is 0 Å². The van der Waals surface area contributed by atoms with Gasteiger partial charge in [0.15, 0.2) is 5.16 Å². The highest BCUT2D eigenvalue weighted by molar-refractivity contribution is 7.98. The van der Waals surface area contributed by atoms with Crippen LogP contribution in [0.25, 0.3) is 0 Å². The summed E-state index contributed by atoms with van der Waals surface area (Å²) in [5.74, 6) is 0. The van der Waals surface area contributed by atoms with E-state index in [2.05, 4.69) is 30.7 Å². The fourth-order valence-electron chi connectivity index (χ4n) is 0.872. The Bertz CT molecular complexity index is 307. The Labute approximate surface area is 88.1 Å². The first kappa shape index (κ1) is 10.8. The second kappa shape index (κ2) is 3.84. The van der Waals surface area contributed by atoms with E-state index in [0.29, 0.717) is 5.15 Å². The molecule has 0 aliphatic carbocycles. The molecule has 0 aromatic carbocycles. The molecule has 0 aliphatic rings. The summed E-state index contributed by atoms with van der Waals surface area (Å²) in [5, 5.41) is 1.25. The molecule has 0 saturated heterocycles. The van der Waals surface area contributed by atoms with Gasteiger partial charge in [0.25, 0.3) is 0 Å². The van der Waals surface area contributed by atoms with Crippen LogP contribution >= 0.6 is 23.4 Å². The minimum atomic E-state index is 0.0249. The molecule has 0 fully saturated rings. The van der Waals surface area contributed by atoms with E-state index in [9.17, 15) is 0 Å². The topological polar surface area (TPSA) is 25.8 Å². The van der Waals surface area contributed by atoms with E-state index in [0.717, 1.165) is 10.9 Å². The van der Waals surface area contributed by atoms with Crippen molar-refractivity contribution in [3.05, 3.63) is 16.9 Å². The van der Waals surface area contributed by atoms with E-state index in [4.69, 9.17) is 11.6 Å². The average molecular weight is 217 g/mol. The molecule has 2 nitrogen and oxygen atoms in total. The van der Waals surface area contributed by atoms with E-state index >= 15 is 0 Å². The van der Waals surface area contributed by atoms with Crippen LogP contribution in [-0.4, -0.2) is 16.2 Å². The van der Waals surface area contributed by atoms with Crippen molar-refractivity contribution in [2.24, 2.45) is 0 Å². The SMILES string of the molecule is CSc1nc(Cl)cc(C(C)(C)C)n1.